The van der Waals surface area contributed by atoms with Crippen molar-refractivity contribution in [2.75, 3.05) is 37.6 Å². The van der Waals surface area contributed by atoms with Gasteiger partial charge in [0, 0.05) is 51.5 Å². The molecule has 3 rings (SSSR count). The van der Waals surface area contributed by atoms with E-state index in [9.17, 15) is 0 Å². The van der Waals surface area contributed by atoms with Crippen LogP contribution in [0.4, 0.5) is 5.82 Å². The Morgan fingerprint density at radius 2 is 1.95 bits per heavy atom. The largest absolute Gasteiger partial charge is 0.353 e. The predicted octanol–water partition coefficient (Wildman–Crippen LogP) is 1.51. The fraction of sp³-hybridized carbons (Fsp3) is 0.750. The van der Waals surface area contributed by atoms with Crippen LogP contribution in [0.25, 0.3) is 0 Å². The Balaban J connectivity index is 1.53. The fourth-order valence-electron chi connectivity index (χ4n) is 2.84. The number of nitrogens with one attached hydrogen (secondary N) is 1. The van der Waals surface area contributed by atoms with E-state index in [0.717, 1.165) is 56.2 Å². The topological polar surface area (TPSA) is 44.3 Å². The lowest BCUT2D eigenvalue weighted by atomic mass is 10.2. The molecule has 1 aliphatic heterocycles. The number of rotatable bonds is 6. The predicted molar refractivity (Wildman–Crippen MR) is 85.4 cm³/mol. The highest BCUT2D eigenvalue weighted by molar-refractivity contribution is 5.37. The molecule has 0 aromatic carbocycles. The maximum Gasteiger partial charge on any atom is 0.147 e. The summed E-state index contributed by atoms with van der Waals surface area (Å²) >= 11 is 0. The maximum atomic E-state index is 4.76. The SMILES string of the molecule is CC(C)CN1CCN(c2cncc(CNC3CC3)n2)CC1. The maximum absolute atomic E-state index is 4.76. The van der Waals surface area contributed by atoms with Gasteiger partial charge in [0.1, 0.15) is 5.82 Å². The lowest BCUT2D eigenvalue weighted by Crippen LogP contribution is -2.47. The monoisotopic (exact) mass is 289 g/mol. The molecule has 2 aliphatic rings. The average molecular weight is 289 g/mol. The second kappa shape index (κ2) is 6.71. The Kier molecular flexibility index (Phi) is 4.70. The van der Waals surface area contributed by atoms with Crippen molar-refractivity contribution in [1.29, 1.82) is 0 Å². The molecule has 1 aliphatic carbocycles. The average Bonchev–Trinajstić information content (AvgIpc) is 3.30. The van der Waals surface area contributed by atoms with Gasteiger partial charge in [-0.2, -0.15) is 0 Å². The van der Waals surface area contributed by atoms with Gasteiger partial charge >= 0.3 is 0 Å². The lowest BCUT2D eigenvalue weighted by molar-refractivity contribution is 0.231. The van der Waals surface area contributed by atoms with Crippen molar-refractivity contribution in [3.8, 4) is 0 Å². The van der Waals surface area contributed by atoms with Gasteiger partial charge in [-0.25, -0.2) is 4.98 Å². The minimum atomic E-state index is 0.718. The zero-order chi connectivity index (χ0) is 14.7. The Labute approximate surface area is 127 Å². The van der Waals surface area contributed by atoms with Crippen LogP contribution < -0.4 is 10.2 Å². The summed E-state index contributed by atoms with van der Waals surface area (Å²) in [7, 11) is 0. The van der Waals surface area contributed by atoms with E-state index < -0.39 is 0 Å². The highest BCUT2D eigenvalue weighted by Gasteiger charge is 2.21. The van der Waals surface area contributed by atoms with E-state index in [1.807, 2.05) is 12.4 Å². The van der Waals surface area contributed by atoms with Crippen molar-refractivity contribution in [3.63, 3.8) is 0 Å². The number of hydrogen-bond donors (Lipinski definition) is 1. The summed E-state index contributed by atoms with van der Waals surface area (Å²) in [6, 6.07) is 0.718. The van der Waals surface area contributed by atoms with E-state index in [2.05, 4.69) is 33.9 Å². The van der Waals surface area contributed by atoms with Crippen molar-refractivity contribution in [1.82, 2.24) is 20.2 Å². The summed E-state index contributed by atoms with van der Waals surface area (Å²) in [6.07, 6.45) is 6.41. The molecule has 0 bridgehead atoms. The van der Waals surface area contributed by atoms with Crippen LogP contribution in [0.1, 0.15) is 32.4 Å². The molecular formula is C16H27N5. The van der Waals surface area contributed by atoms with Gasteiger partial charge in [-0.1, -0.05) is 13.8 Å². The van der Waals surface area contributed by atoms with Crippen LogP contribution in [-0.4, -0.2) is 53.6 Å². The van der Waals surface area contributed by atoms with E-state index in [1.54, 1.807) is 0 Å². The molecule has 0 atom stereocenters. The minimum Gasteiger partial charge on any atom is -0.353 e. The molecule has 1 aromatic rings. The normalized spacial score (nSPS) is 20.2. The summed E-state index contributed by atoms with van der Waals surface area (Å²) in [5.74, 6) is 1.78. The Bertz CT molecular complexity index is 450. The van der Waals surface area contributed by atoms with Crippen LogP contribution in [0, 0.1) is 5.92 Å². The first kappa shape index (κ1) is 14.7. The molecule has 0 unspecified atom stereocenters. The summed E-state index contributed by atoms with van der Waals surface area (Å²) in [5, 5.41) is 3.50. The van der Waals surface area contributed by atoms with Gasteiger partial charge in [0.2, 0.25) is 0 Å². The molecule has 1 saturated carbocycles. The number of aromatic nitrogens is 2. The molecule has 0 amide bonds. The van der Waals surface area contributed by atoms with Crippen molar-refractivity contribution in [3.05, 3.63) is 18.1 Å². The first-order chi connectivity index (χ1) is 10.2. The molecule has 5 heteroatoms. The Morgan fingerprint density at radius 1 is 1.19 bits per heavy atom. The van der Waals surface area contributed by atoms with Gasteiger partial charge in [-0.15, -0.1) is 0 Å². The van der Waals surface area contributed by atoms with Crippen LogP contribution in [-0.2, 0) is 6.54 Å². The molecule has 1 saturated heterocycles. The summed E-state index contributed by atoms with van der Waals surface area (Å²) in [5.41, 5.74) is 1.06. The van der Waals surface area contributed by atoms with Gasteiger partial charge in [0.25, 0.3) is 0 Å². The first-order valence-corrected chi connectivity index (χ1v) is 8.22. The van der Waals surface area contributed by atoms with Gasteiger partial charge in [0.05, 0.1) is 11.9 Å². The van der Waals surface area contributed by atoms with Crippen molar-refractivity contribution < 1.29 is 0 Å². The molecule has 1 aromatic heterocycles. The van der Waals surface area contributed by atoms with Crippen molar-refractivity contribution >= 4 is 5.82 Å². The number of piperazine rings is 1. The quantitative estimate of drug-likeness (QED) is 0.860. The summed E-state index contributed by atoms with van der Waals surface area (Å²) in [4.78, 5) is 14.0. The second-order valence-corrected chi connectivity index (χ2v) is 6.71. The molecule has 2 heterocycles. The third kappa shape index (κ3) is 4.38. The number of nitrogens with zero attached hydrogens (tertiary/aromatic N) is 4. The van der Waals surface area contributed by atoms with Crippen LogP contribution in [0.3, 0.4) is 0 Å². The summed E-state index contributed by atoms with van der Waals surface area (Å²) in [6.45, 7) is 11.0. The zero-order valence-corrected chi connectivity index (χ0v) is 13.3. The van der Waals surface area contributed by atoms with Crippen LogP contribution in [0.5, 0.6) is 0 Å². The van der Waals surface area contributed by atoms with Gasteiger partial charge in [0.15, 0.2) is 0 Å². The lowest BCUT2D eigenvalue weighted by Gasteiger charge is -2.36. The highest BCUT2D eigenvalue weighted by Crippen LogP contribution is 2.19. The first-order valence-electron chi connectivity index (χ1n) is 8.22. The fourth-order valence-corrected chi connectivity index (χ4v) is 2.84. The second-order valence-electron chi connectivity index (χ2n) is 6.71. The van der Waals surface area contributed by atoms with Crippen LogP contribution in [0.15, 0.2) is 12.4 Å². The molecule has 0 spiro atoms. The van der Waals surface area contributed by atoms with E-state index in [4.69, 9.17) is 4.98 Å². The molecule has 21 heavy (non-hydrogen) atoms. The van der Waals surface area contributed by atoms with E-state index in [1.165, 1.54) is 19.4 Å². The third-order valence-corrected chi connectivity index (χ3v) is 4.14. The molecule has 0 radical (unpaired) electrons. The van der Waals surface area contributed by atoms with Gasteiger partial charge in [-0.3, -0.25) is 9.88 Å². The number of anilines is 1. The van der Waals surface area contributed by atoms with E-state index in [-0.39, 0.29) is 0 Å². The van der Waals surface area contributed by atoms with Crippen molar-refractivity contribution in [2.24, 2.45) is 5.92 Å². The molecule has 116 valence electrons. The van der Waals surface area contributed by atoms with E-state index >= 15 is 0 Å². The van der Waals surface area contributed by atoms with Crippen molar-refractivity contribution in [2.45, 2.75) is 39.3 Å². The standard InChI is InChI=1S/C16H27N5/c1-13(2)12-20-5-7-21(8-6-20)16-11-17-9-15(19-16)10-18-14-3-4-14/h9,11,13-14,18H,3-8,10,12H2,1-2H3. The van der Waals surface area contributed by atoms with Crippen LogP contribution >= 0.6 is 0 Å². The molecule has 2 fully saturated rings. The molecular weight excluding hydrogens is 262 g/mol. The van der Waals surface area contributed by atoms with Gasteiger partial charge < -0.3 is 10.2 Å². The van der Waals surface area contributed by atoms with Gasteiger partial charge in [-0.05, 0) is 18.8 Å². The zero-order valence-electron chi connectivity index (χ0n) is 13.3. The Hall–Kier alpha value is -1.20. The summed E-state index contributed by atoms with van der Waals surface area (Å²) < 4.78 is 0. The smallest absolute Gasteiger partial charge is 0.147 e. The Morgan fingerprint density at radius 3 is 2.62 bits per heavy atom. The minimum absolute atomic E-state index is 0.718. The van der Waals surface area contributed by atoms with E-state index in [0.29, 0.717) is 0 Å². The third-order valence-electron chi connectivity index (χ3n) is 4.14. The van der Waals surface area contributed by atoms with Crippen LogP contribution in [0.2, 0.25) is 0 Å². The number of hydrogen-bond acceptors (Lipinski definition) is 5. The highest BCUT2D eigenvalue weighted by atomic mass is 15.3. The molecule has 5 nitrogen and oxygen atoms in total. The molecule has 1 N–H and O–H groups in total.